The topological polar surface area (TPSA) is 68.3 Å². The SMILES string of the molecule is C[C@@H](NC(=O)CC(N)C1CC1)c1ccco1. The number of nitrogens with two attached hydrogens (primary N) is 1. The second-order valence-electron chi connectivity index (χ2n) is 4.51. The number of hydrogen-bond donors (Lipinski definition) is 2. The van der Waals surface area contributed by atoms with Crippen molar-refractivity contribution in [2.24, 2.45) is 11.7 Å². The zero-order valence-electron chi connectivity index (χ0n) is 9.48. The Morgan fingerprint density at radius 1 is 1.69 bits per heavy atom. The summed E-state index contributed by atoms with van der Waals surface area (Å²) in [5, 5.41) is 2.88. The molecule has 0 spiro atoms. The number of carbonyl (C=O) groups is 1. The van der Waals surface area contributed by atoms with Crippen molar-refractivity contribution in [1.29, 1.82) is 0 Å². The van der Waals surface area contributed by atoms with Crippen molar-refractivity contribution in [3.8, 4) is 0 Å². The van der Waals surface area contributed by atoms with Gasteiger partial charge in [0.25, 0.3) is 0 Å². The molecule has 1 saturated carbocycles. The van der Waals surface area contributed by atoms with Gasteiger partial charge in [0.15, 0.2) is 0 Å². The van der Waals surface area contributed by atoms with Gasteiger partial charge in [-0.3, -0.25) is 4.79 Å². The van der Waals surface area contributed by atoms with Crippen LogP contribution in [0, 0.1) is 5.92 Å². The van der Waals surface area contributed by atoms with Crippen LogP contribution in [-0.4, -0.2) is 11.9 Å². The Labute approximate surface area is 95.2 Å². The molecule has 0 aromatic carbocycles. The molecule has 0 bridgehead atoms. The molecule has 1 heterocycles. The summed E-state index contributed by atoms with van der Waals surface area (Å²) in [6.45, 7) is 1.90. The van der Waals surface area contributed by atoms with Crippen LogP contribution >= 0.6 is 0 Å². The minimum absolute atomic E-state index is 0.00306. The van der Waals surface area contributed by atoms with Crippen molar-refractivity contribution in [2.75, 3.05) is 0 Å². The largest absolute Gasteiger partial charge is 0.467 e. The average Bonchev–Trinajstić information content (AvgIpc) is 2.93. The van der Waals surface area contributed by atoms with E-state index in [9.17, 15) is 4.79 Å². The molecular weight excluding hydrogens is 204 g/mol. The quantitative estimate of drug-likeness (QED) is 0.794. The number of nitrogens with one attached hydrogen (secondary N) is 1. The molecule has 3 N–H and O–H groups in total. The Morgan fingerprint density at radius 2 is 2.44 bits per heavy atom. The number of hydrogen-bond acceptors (Lipinski definition) is 3. The molecule has 1 fully saturated rings. The van der Waals surface area contributed by atoms with E-state index in [-0.39, 0.29) is 18.0 Å². The summed E-state index contributed by atoms with van der Waals surface area (Å²) in [5.41, 5.74) is 5.89. The number of rotatable bonds is 5. The van der Waals surface area contributed by atoms with E-state index >= 15 is 0 Å². The number of furan rings is 1. The number of amides is 1. The van der Waals surface area contributed by atoms with Gasteiger partial charge in [-0.15, -0.1) is 0 Å². The maximum atomic E-state index is 11.7. The Hall–Kier alpha value is -1.29. The van der Waals surface area contributed by atoms with Crippen molar-refractivity contribution in [3.05, 3.63) is 24.2 Å². The number of carbonyl (C=O) groups excluding carboxylic acids is 1. The molecule has 1 unspecified atom stereocenters. The van der Waals surface area contributed by atoms with Gasteiger partial charge in [0, 0.05) is 12.5 Å². The van der Waals surface area contributed by atoms with Gasteiger partial charge >= 0.3 is 0 Å². The molecule has 0 aliphatic heterocycles. The van der Waals surface area contributed by atoms with Crippen molar-refractivity contribution >= 4 is 5.91 Å². The Balaban J connectivity index is 1.78. The maximum Gasteiger partial charge on any atom is 0.222 e. The third kappa shape index (κ3) is 2.85. The molecule has 1 amide bonds. The molecule has 2 rings (SSSR count). The summed E-state index contributed by atoms with van der Waals surface area (Å²) in [6.07, 6.45) is 4.36. The third-order valence-corrected chi connectivity index (χ3v) is 3.00. The molecule has 4 nitrogen and oxygen atoms in total. The summed E-state index contributed by atoms with van der Waals surface area (Å²) in [7, 11) is 0. The van der Waals surface area contributed by atoms with Crippen LogP contribution in [0.3, 0.4) is 0 Å². The highest BCUT2D eigenvalue weighted by molar-refractivity contribution is 5.77. The van der Waals surface area contributed by atoms with Gasteiger partial charge in [0.1, 0.15) is 5.76 Å². The van der Waals surface area contributed by atoms with Gasteiger partial charge in [0.05, 0.1) is 12.3 Å². The minimum atomic E-state index is -0.0890. The Morgan fingerprint density at radius 3 is 3.00 bits per heavy atom. The van der Waals surface area contributed by atoms with Crippen LogP contribution < -0.4 is 11.1 Å². The van der Waals surface area contributed by atoms with E-state index in [2.05, 4.69) is 5.32 Å². The van der Waals surface area contributed by atoms with E-state index in [1.54, 1.807) is 6.26 Å². The summed E-state index contributed by atoms with van der Waals surface area (Å²) in [6, 6.07) is 3.59. The molecule has 0 radical (unpaired) electrons. The lowest BCUT2D eigenvalue weighted by molar-refractivity contribution is -0.122. The third-order valence-electron chi connectivity index (χ3n) is 3.00. The predicted molar refractivity (Wildman–Crippen MR) is 60.6 cm³/mol. The minimum Gasteiger partial charge on any atom is -0.467 e. The Kier molecular flexibility index (Phi) is 3.29. The second kappa shape index (κ2) is 4.70. The van der Waals surface area contributed by atoms with E-state index in [4.69, 9.17) is 10.2 Å². The first-order chi connectivity index (χ1) is 7.66. The monoisotopic (exact) mass is 222 g/mol. The van der Waals surface area contributed by atoms with Crippen molar-refractivity contribution in [3.63, 3.8) is 0 Å². The van der Waals surface area contributed by atoms with Crippen LogP contribution in [0.25, 0.3) is 0 Å². The fourth-order valence-electron chi connectivity index (χ4n) is 1.81. The lowest BCUT2D eigenvalue weighted by Crippen LogP contribution is -2.34. The average molecular weight is 222 g/mol. The van der Waals surface area contributed by atoms with Gasteiger partial charge in [-0.05, 0) is 37.8 Å². The zero-order chi connectivity index (χ0) is 11.5. The van der Waals surface area contributed by atoms with E-state index in [1.807, 2.05) is 19.1 Å². The van der Waals surface area contributed by atoms with Gasteiger partial charge in [-0.2, -0.15) is 0 Å². The normalized spacial score (nSPS) is 19.1. The molecule has 1 aliphatic rings. The van der Waals surface area contributed by atoms with Gasteiger partial charge in [-0.1, -0.05) is 0 Å². The zero-order valence-corrected chi connectivity index (χ0v) is 9.48. The van der Waals surface area contributed by atoms with Crippen molar-refractivity contribution in [1.82, 2.24) is 5.32 Å². The van der Waals surface area contributed by atoms with E-state index < -0.39 is 0 Å². The molecule has 0 saturated heterocycles. The fraction of sp³-hybridized carbons (Fsp3) is 0.583. The molecule has 88 valence electrons. The van der Waals surface area contributed by atoms with Crippen LogP contribution in [0.4, 0.5) is 0 Å². The molecule has 4 heteroatoms. The predicted octanol–water partition coefficient (Wildman–Crippen LogP) is 1.58. The van der Waals surface area contributed by atoms with Crippen LogP contribution in [-0.2, 0) is 4.79 Å². The van der Waals surface area contributed by atoms with E-state index in [1.165, 1.54) is 12.8 Å². The standard InChI is InChI=1S/C12H18N2O2/c1-8(11-3-2-6-16-11)14-12(15)7-10(13)9-4-5-9/h2-3,6,8-10H,4-5,7,13H2,1H3,(H,14,15)/t8-,10?/m1/s1. The first kappa shape index (κ1) is 11.2. The molecule has 2 atom stereocenters. The van der Waals surface area contributed by atoms with E-state index in [0.29, 0.717) is 12.3 Å². The van der Waals surface area contributed by atoms with Crippen molar-refractivity contribution < 1.29 is 9.21 Å². The Bertz CT molecular complexity index is 344. The second-order valence-corrected chi connectivity index (χ2v) is 4.51. The molecule has 1 aromatic heterocycles. The lowest BCUT2D eigenvalue weighted by Gasteiger charge is -2.14. The highest BCUT2D eigenvalue weighted by Gasteiger charge is 2.30. The summed E-state index contributed by atoms with van der Waals surface area (Å²) in [5.74, 6) is 1.33. The molecule has 16 heavy (non-hydrogen) atoms. The highest BCUT2D eigenvalue weighted by Crippen LogP contribution is 2.32. The highest BCUT2D eigenvalue weighted by atomic mass is 16.3. The summed E-state index contributed by atoms with van der Waals surface area (Å²) < 4.78 is 5.21. The van der Waals surface area contributed by atoms with Crippen LogP contribution in [0.5, 0.6) is 0 Å². The summed E-state index contributed by atoms with van der Waals surface area (Å²) >= 11 is 0. The van der Waals surface area contributed by atoms with Crippen LogP contribution in [0.2, 0.25) is 0 Å². The summed E-state index contributed by atoms with van der Waals surface area (Å²) in [4.78, 5) is 11.7. The smallest absolute Gasteiger partial charge is 0.222 e. The fourth-order valence-corrected chi connectivity index (χ4v) is 1.81. The van der Waals surface area contributed by atoms with Crippen LogP contribution in [0.1, 0.15) is 38.0 Å². The van der Waals surface area contributed by atoms with E-state index in [0.717, 1.165) is 5.76 Å². The lowest BCUT2D eigenvalue weighted by atomic mass is 10.1. The first-order valence-electron chi connectivity index (χ1n) is 5.75. The van der Waals surface area contributed by atoms with Gasteiger partial charge < -0.3 is 15.5 Å². The molecule has 1 aromatic rings. The van der Waals surface area contributed by atoms with Crippen molar-refractivity contribution in [2.45, 2.75) is 38.3 Å². The first-order valence-corrected chi connectivity index (χ1v) is 5.75. The molecule has 1 aliphatic carbocycles. The molecular formula is C12H18N2O2. The van der Waals surface area contributed by atoms with Crippen LogP contribution in [0.15, 0.2) is 22.8 Å². The maximum absolute atomic E-state index is 11.7. The van der Waals surface area contributed by atoms with Gasteiger partial charge in [0.2, 0.25) is 5.91 Å². The van der Waals surface area contributed by atoms with Gasteiger partial charge in [-0.25, -0.2) is 0 Å².